The summed E-state index contributed by atoms with van der Waals surface area (Å²) in [5.41, 5.74) is -0.802. The highest BCUT2D eigenvalue weighted by atomic mass is 35.5. The Morgan fingerprint density at radius 1 is 1.16 bits per heavy atom. The van der Waals surface area contributed by atoms with Gasteiger partial charge in [0.1, 0.15) is 6.54 Å². The van der Waals surface area contributed by atoms with Crippen LogP contribution in [-0.2, 0) is 14.8 Å². The van der Waals surface area contributed by atoms with Crippen LogP contribution in [0.5, 0.6) is 0 Å². The van der Waals surface area contributed by atoms with Crippen molar-refractivity contribution in [2.45, 2.75) is 4.90 Å². The van der Waals surface area contributed by atoms with E-state index in [1.165, 1.54) is 30.3 Å². The molecule has 0 aliphatic heterocycles. The zero-order valence-electron chi connectivity index (χ0n) is 12.3. The Bertz CT molecular complexity index is 928. The predicted octanol–water partition coefficient (Wildman–Crippen LogP) is 3.18. The first-order valence-electron chi connectivity index (χ1n) is 6.57. The van der Waals surface area contributed by atoms with Gasteiger partial charge in [0.2, 0.25) is 0 Å². The van der Waals surface area contributed by atoms with Crippen molar-refractivity contribution in [3.63, 3.8) is 0 Å². The largest absolute Gasteiger partial charge is 0.480 e. The van der Waals surface area contributed by atoms with Crippen molar-refractivity contribution < 1.29 is 23.2 Å². The van der Waals surface area contributed by atoms with E-state index in [4.69, 9.17) is 28.3 Å². The van der Waals surface area contributed by atoms with Gasteiger partial charge in [-0.15, -0.1) is 0 Å². The summed E-state index contributed by atoms with van der Waals surface area (Å²) in [5, 5.41) is 20.3. The van der Waals surface area contributed by atoms with Crippen molar-refractivity contribution in [3.8, 4) is 0 Å². The lowest BCUT2D eigenvalue weighted by molar-refractivity contribution is -0.387. The lowest BCUT2D eigenvalue weighted by Gasteiger charge is -2.23. The number of hydrogen-bond acceptors (Lipinski definition) is 5. The maximum atomic E-state index is 12.9. The van der Waals surface area contributed by atoms with Crippen LogP contribution in [-0.4, -0.2) is 31.0 Å². The molecule has 0 radical (unpaired) electrons. The number of nitro benzene ring substituents is 1. The number of nitrogens with zero attached hydrogens (tertiary/aromatic N) is 2. The number of para-hydroxylation sites is 1. The second-order valence-electron chi connectivity index (χ2n) is 4.76. The minimum absolute atomic E-state index is 0.0793. The minimum atomic E-state index is -4.56. The van der Waals surface area contributed by atoms with Gasteiger partial charge >= 0.3 is 5.97 Å². The summed E-state index contributed by atoms with van der Waals surface area (Å²) in [7, 11) is -4.56. The van der Waals surface area contributed by atoms with Crippen molar-refractivity contribution in [2.75, 3.05) is 10.8 Å². The lowest BCUT2D eigenvalue weighted by atomic mass is 10.3. The number of hydrogen-bond donors (Lipinski definition) is 1. The van der Waals surface area contributed by atoms with Gasteiger partial charge in [-0.2, -0.15) is 0 Å². The molecular formula is C14H10Cl2N2O6S. The van der Waals surface area contributed by atoms with Gasteiger partial charge in [0.25, 0.3) is 15.7 Å². The zero-order chi connectivity index (χ0) is 18.8. The summed E-state index contributed by atoms with van der Waals surface area (Å²) in [6, 6.07) is 8.36. The SMILES string of the molecule is O=C(O)CN(c1cc(Cl)cc(Cl)c1)S(=O)(=O)c1ccccc1[N+](=O)[O-]. The minimum Gasteiger partial charge on any atom is -0.480 e. The van der Waals surface area contributed by atoms with Gasteiger partial charge in [0, 0.05) is 16.1 Å². The lowest BCUT2D eigenvalue weighted by Crippen LogP contribution is -2.36. The fraction of sp³-hybridized carbons (Fsp3) is 0.0714. The molecule has 0 aromatic heterocycles. The molecule has 0 saturated heterocycles. The summed E-state index contributed by atoms with van der Waals surface area (Å²) in [6.07, 6.45) is 0. The maximum Gasteiger partial charge on any atom is 0.324 e. The number of sulfonamides is 1. The molecule has 11 heteroatoms. The third kappa shape index (κ3) is 4.19. The molecule has 0 spiro atoms. The second kappa shape index (κ2) is 7.26. The third-order valence-electron chi connectivity index (χ3n) is 3.04. The van der Waals surface area contributed by atoms with Gasteiger partial charge in [-0.25, -0.2) is 8.42 Å². The van der Waals surface area contributed by atoms with E-state index < -0.39 is 38.0 Å². The molecule has 1 N–H and O–H groups in total. The second-order valence-corrected chi connectivity index (χ2v) is 7.46. The molecule has 0 unspecified atom stereocenters. The molecule has 8 nitrogen and oxygen atoms in total. The average Bonchev–Trinajstić information content (AvgIpc) is 2.51. The Kier molecular flexibility index (Phi) is 5.51. The first-order chi connectivity index (χ1) is 11.6. The van der Waals surface area contributed by atoms with Gasteiger partial charge in [0.15, 0.2) is 4.90 Å². The van der Waals surface area contributed by atoms with Crippen LogP contribution >= 0.6 is 23.2 Å². The fourth-order valence-electron chi connectivity index (χ4n) is 2.07. The Morgan fingerprint density at radius 2 is 1.72 bits per heavy atom. The Balaban J connectivity index is 2.69. The summed E-state index contributed by atoms with van der Waals surface area (Å²) in [4.78, 5) is 20.8. The fourth-order valence-corrected chi connectivity index (χ4v) is 4.14. The number of nitro groups is 1. The standard InChI is InChI=1S/C14H10Cl2N2O6S/c15-9-5-10(16)7-11(6-9)17(8-14(19)20)25(23,24)13-4-2-1-3-12(13)18(21)22/h1-7H,8H2,(H,19,20). The number of carboxylic acid groups (broad SMARTS) is 1. The molecule has 2 aromatic rings. The molecule has 2 rings (SSSR count). The van der Waals surface area contributed by atoms with Crippen LogP contribution in [0.4, 0.5) is 11.4 Å². The molecule has 0 fully saturated rings. The molecule has 25 heavy (non-hydrogen) atoms. The highest BCUT2D eigenvalue weighted by Gasteiger charge is 2.33. The normalized spacial score (nSPS) is 11.1. The van der Waals surface area contributed by atoms with Gasteiger partial charge in [-0.3, -0.25) is 19.2 Å². The summed E-state index contributed by atoms with van der Waals surface area (Å²) in [5.74, 6) is -1.46. The van der Waals surface area contributed by atoms with Crippen molar-refractivity contribution in [2.24, 2.45) is 0 Å². The first-order valence-corrected chi connectivity index (χ1v) is 8.76. The van der Waals surface area contributed by atoms with E-state index in [1.807, 2.05) is 0 Å². The zero-order valence-corrected chi connectivity index (χ0v) is 14.6. The first kappa shape index (κ1) is 19.0. The van der Waals surface area contributed by atoms with Crippen LogP contribution in [0.15, 0.2) is 47.4 Å². The monoisotopic (exact) mass is 404 g/mol. The van der Waals surface area contributed by atoms with Crippen LogP contribution in [0.2, 0.25) is 10.0 Å². The molecule has 132 valence electrons. The molecule has 0 amide bonds. The molecular weight excluding hydrogens is 395 g/mol. The van der Waals surface area contributed by atoms with Crippen molar-refractivity contribution in [1.29, 1.82) is 0 Å². The molecule has 0 saturated carbocycles. The molecule has 0 bridgehead atoms. The van der Waals surface area contributed by atoms with Crippen LogP contribution < -0.4 is 4.31 Å². The predicted molar refractivity (Wildman–Crippen MR) is 91.7 cm³/mol. The summed E-state index contributed by atoms with van der Waals surface area (Å²) in [6.45, 7) is -0.967. The third-order valence-corrected chi connectivity index (χ3v) is 5.30. The molecule has 0 aliphatic rings. The van der Waals surface area contributed by atoms with Gasteiger partial charge in [0.05, 0.1) is 10.6 Å². The van der Waals surface area contributed by atoms with Crippen molar-refractivity contribution in [1.82, 2.24) is 0 Å². The van der Waals surface area contributed by atoms with Crippen LogP contribution in [0.1, 0.15) is 0 Å². The van der Waals surface area contributed by atoms with Crippen molar-refractivity contribution in [3.05, 3.63) is 62.6 Å². The Labute approximate surface area is 152 Å². The van der Waals surface area contributed by atoms with Crippen LogP contribution in [0.3, 0.4) is 0 Å². The molecule has 0 aliphatic carbocycles. The number of anilines is 1. The van der Waals surface area contributed by atoms with E-state index in [0.717, 1.165) is 12.1 Å². The maximum absolute atomic E-state index is 12.9. The van der Waals surface area contributed by atoms with E-state index in [0.29, 0.717) is 4.31 Å². The highest BCUT2D eigenvalue weighted by molar-refractivity contribution is 7.93. The average molecular weight is 405 g/mol. The van der Waals surface area contributed by atoms with Gasteiger partial charge in [-0.1, -0.05) is 35.3 Å². The van der Waals surface area contributed by atoms with E-state index in [9.17, 15) is 23.3 Å². The van der Waals surface area contributed by atoms with Gasteiger partial charge in [-0.05, 0) is 24.3 Å². The van der Waals surface area contributed by atoms with E-state index in [-0.39, 0.29) is 15.7 Å². The Morgan fingerprint density at radius 3 is 2.24 bits per heavy atom. The van der Waals surface area contributed by atoms with E-state index in [2.05, 4.69) is 0 Å². The highest BCUT2D eigenvalue weighted by Crippen LogP contribution is 2.32. The smallest absolute Gasteiger partial charge is 0.324 e. The number of aliphatic carboxylic acids is 1. The molecule has 0 heterocycles. The number of benzene rings is 2. The number of halogens is 2. The number of rotatable bonds is 6. The quantitative estimate of drug-likeness (QED) is 0.583. The molecule has 2 aromatic carbocycles. The van der Waals surface area contributed by atoms with E-state index >= 15 is 0 Å². The van der Waals surface area contributed by atoms with E-state index in [1.54, 1.807) is 0 Å². The Hall–Kier alpha value is -2.36. The van der Waals surface area contributed by atoms with Crippen LogP contribution in [0, 0.1) is 10.1 Å². The number of carboxylic acids is 1. The van der Waals surface area contributed by atoms with Crippen molar-refractivity contribution >= 4 is 50.6 Å². The number of carbonyl (C=O) groups is 1. The summed E-state index contributed by atoms with van der Waals surface area (Å²) < 4.78 is 26.3. The molecule has 0 atom stereocenters. The summed E-state index contributed by atoms with van der Waals surface area (Å²) >= 11 is 11.7. The van der Waals surface area contributed by atoms with Crippen LogP contribution in [0.25, 0.3) is 0 Å². The van der Waals surface area contributed by atoms with Gasteiger partial charge < -0.3 is 5.11 Å². The topological polar surface area (TPSA) is 118 Å².